The lowest BCUT2D eigenvalue weighted by molar-refractivity contribution is -0.303. The largest absolute Gasteiger partial charge is 0.349 e. The third-order valence-corrected chi connectivity index (χ3v) is 9.13. The molecule has 0 aromatic rings. The SMILES string of the molecule is CCN1CCN([C@@H](CC(C)C)C(=O)N2CCC3(C[C@@H]2C)OCC(CN2CCCC2)CO3)C(=O)[C@@H]1CC(C)C. The van der Waals surface area contributed by atoms with Crippen molar-refractivity contribution in [1.82, 2.24) is 19.6 Å². The Morgan fingerprint density at radius 1 is 1.00 bits per heavy atom. The van der Waals surface area contributed by atoms with E-state index in [4.69, 9.17) is 9.47 Å². The number of nitrogens with zero attached hydrogens (tertiary/aromatic N) is 4. The Balaban J connectivity index is 1.39. The van der Waals surface area contributed by atoms with Crippen LogP contribution in [-0.2, 0) is 19.1 Å². The minimum atomic E-state index is -0.573. The molecule has 0 N–H and O–H groups in total. The number of hydrogen-bond acceptors (Lipinski definition) is 6. The second-order valence-corrected chi connectivity index (χ2v) is 13.2. The summed E-state index contributed by atoms with van der Waals surface area (Å²) in [4.78, 5) is 36.7. The van der Waals surface area contributed by atoms with E-state index in [0.717, 1.165) is 39.3 Å². The molecule has 0 radical (unpaired) electrons. The molecule has 4 heterocycles. The standard InChI is InChI=1S/C30H54N4O4/c1-7-32-14-15-34(28(35)26(32)16-22(2)3)27(17-23(4)5)29(36)33-13-10-30(18-24(33)6)37-20-25(21-38-30)19-31-11-8-9-12-31/h22-27H,7-21H2,1-6H3/t24-,25?,26-,27-,30?/m0/s1. The minimum Gasteiger partial charge on any atom is -0.349 e. The molecular formula is C30H54N4O4. The van der Waals surface area contributed by atoms with Crippen LogP contribution in [0.3, 0.4) is 0 Å². The maximum atomic E-state index is 14.1. The zero-order valence-electron chi connectivity index (χ0n) is 25.0. The van der Waals surface area contributed by atoms with Gasteiger partial charge in [0.15, 0.2) is 5.79 Å². The molecule has 0 aromatic heterocycles. The number of hydrogen-bond donors (Lipinski definition) is 0. The highest BCUT2D eigenvalue weighted by Gasteiger charge is 2.47. The molecule has 0 bridgehead atoms. The summed E-state index contributed by atoms with van der Waals surface area (Å²) in [5.74, 6) is 0.848. The molecule has 218 valence electrons. The average molecular weight is 535 g/mol. The number of piperazine rings is 1. The van der Waals surface area contributed by atoms with Crippen molar-refractivity contribution < 1.29 is 19.1 Å². The Morgan fingerprint density at radius 2 is 1.68 bits per heavy atom. The van der Waals surface area contributed by atoms with Gasteiger partial charge >= 0.3 is 0 Å². The molecule has 0 unspecified atom stereocenters. The first kappa shape index (κ1) is 29.8. The molecule has 3 atom stereocenters. The van der Waals surface area contributed by atoms with Crippen molar-refractivity contribution in [2.75, 3.05) is 59.0 Å². The smallest absolute Gasteiger partial charge is 0.245 e. The van der Waals surface area contributed by atoms with E-state index in [1.54, 1.807) is 0 Å². The Kier molecular flexibility index (Phi) is 10.2. The van der Waals surface area contributed by atoms with Gasteiger partial charge in [-0.1, -0.05) is 34.6 Å². The van der Waals surface area contributed by atoms with Gasteiger partial charge in [-0.2, -0.15) is 0 Å². The number of ether oxygens (including phenoxy) is 2. The third-order valence-electron chi connectivity index (χ3n) is 9.13. The lowest BCUT2D eigenvalue weighted by Gasteiger charge is -2.50. The first-order valence-electron chi connectivity index (χ1n) is 15.5. The molecule has 38 heavy (non-hydrogen) atoms. The number of likely N-dealkylation sites (N-methyl/N-ethyl adjacent to an activating group) is 1. The highest BCUT2D eigenvalue weighted by molar-refractivity contribution is 5.90. The van der Waals surface area contributed by atoms with E-state index in [1.807, 2.05) is 9.80 Å². The van der Waals surface area contributed by atoms with Gasteiger partial charge < -0.3 is 24.2 Å². The molecule has 8 nitrogen and oxygen atoms in total. The second kappa shape index (κ2) is 13.0. The topological polar surface area (TPSA) is 65.6 Å². The van der Waals surface area contributed by atoms with Crippen molar-refractivity contribution in [1.29, 1.82) is 0 Å². The van der Waals surface area contributed by atoms with Crippen LogP contribution >= 0.6 is 0 Å². The van der Waals surface area contributed by atoms with Crippen LogP contribution in [0.1, 0.15) is 80.1 Å². The minimum absolute atomic E-state index is 0.0135. The van der Waals surface area contributed by atoms with Crippen LogP contribution in [0.2, 0.25) is 0 Å². The first-order valence-corrected chi connectivity index (χ1v) is 15.5. The van der Waals surface area contributed by atoms with E-state index in [9.17, 15) is 9.59 Å². The fraction of sp³-hybridized carbons (Fsp3) is 0.933. The molecule has 4 aliphatic rings. The molecule has 0 aliphatic carbocycles. The predicted molar refractivity (Wildman–Crippen MR) is 150 cm³/mol. The fourth-order valence-electron chi connectivity index (χ4n) is 7.06. The Bertz CT molecular complexity index is 791. The molecule has 1 spiro atoms. The van der Waals surface area contributed by atoms with Crippen LogP contribution in [0, 0.1) is 17.8 Å². The fourth-order valence-corrected chi connectivity index (χ4v) is 7.06. The van der Waals surface area contributed by atoms with Crippen LogP contribution in [0.5, 0.6) is 0 Å². The molecular weight excluding hydrogens is 480 g/mol. The summed E-state index contributed by atoms with van der Waals surface area (Å²) in [6.07, 6.45) is 5.52. The summed E-state index contributed by atoms with van der Waals surface area (Å²) in [6, 6.07) is -0.513. The van der Waals surface area contributed by atoms with E-state index in [1.165, 1.54) is 25.9 Å². The zero-order valence-corrected chi connectivity index (χ0v) is 25.0. The van der Waals surface area contributed by atoms with Gasteiger partial charge in [-0.05, 0) is 64.1 Å². The zero-order chi connectivity index (χ0) is 27.4. The Morgan fingerprint density at radius 3 is 2.26 bits per heavy atom. The van der Waals surface area contributed by atoms with Gasteiger partial charge in [0.2, 0.25) is 11.8 Å². The van der Waals surface area contributed by atoms with E-state index in [2.05, 4.69) is 51.3 Å². The third kappa shape index (κ3) is 6.91. The maximum Gasteiger partial charge on any atom is 0.245 e. The first-order chi connectivity index (χ1) is 18.1. The van der Waals surface area contributed by atoms with Gasteiger partial charge in [0, 0.05) is 51.0 Å². The van der Waals surface area contributed by atoms with Gasteiger partial charge in [-0.25, -0.2) is 0 Å². The second-order valence-electron chi connectivity index (χ2n) is 13.2. The summed E-state index contributed by atoms with van der Waals surface area (Å²) in [6.45, 7) is 20.8. The van der Waals surface area contributed by atoms with Gasteiger partial charge in [0.25, 0.3) is 0 Å². The molecule has 8 heteroatoms. The quantitative estimate of drug-likeness (QED) is 0.452. The summed E-state index contributed by atoms with van der Waals surface area (Å²) >= 11 is 0. The lowest BCUT2D eigenvalue weighted by Crippen LogP contribution is -2.64. The van der Waals surface area contributed by atoms with Crippen LogP contribution in [-0.4, -0.2) is 114 Å². The number of carbonyl (C=O) groups excluding carboxylic acids is 2. The number of likely N-dealkylation sites (tertiary alicyclic amines) is 2. The highest BCUT2D eigenvalue weighted by Crippen LogP contribution is 2.36. The van der Waals surface area contributed by atoms with Crippen molar-refractivity contribution in [2.45, 2.75) is 104 Å². The van der Waals surface area contributed by atoms with E-state index >= 15 is 0 Å². The van der Waals surface area contributed by atoms with Gasteiger partial charge in [-0.3, -0.25) is 14.5 Å². The van der Waals surface area contributed by atoms with Crippen LogP contribution in [0.4, 0.5) is 0 Å². The number of amides is 2. The van der Waals surface area contributed by atoms with Crippen LogP contribution in [0.15, 0.2) is 0 Å². The van der Waals surface area contributed by atoms with Crippen molar-refractivity contribution in [2.24, 2.45) is 17.8 Å². The molecule has 0 aromatic carbocycles. The van der Waals surface area contributed by atoms with Crippen molar-refractivity contribution in [3.63, 3.8) is 0 Å². The maximum absolute atomic E-state index is 14.1. The Hall–Kier alpha value is -1.22. The molecule has 4 rings (SSSR count). The predicted octanol–water partition coefficient (Wildman–Crippen LogP) is 3.45. The Labute approximate surface area is 231 Å². The molecule has 4 fully saturated rings. The van der Waals surface area contributed by atoms with Gasteiger partial charge in [0.05, 0.1) is 19.3 Å². The van der Waals surface area contributed by atoms with Crippen molar-refractivity contribution >= 4 is 11.8 Å². The summed E-state index contributed by atoms with van der Waals surface area (Å²) in [5.41, 5.74) is 0. The summed E-state index contributed by atoms with van der Waals surface area (Å²) in [5, 5.41) is 0. The molecule has 4 aliphatic heterocycles. The number of rotatable bonds is 9. The van der Waals surface area contributed by atoms with E-state index < -0.39 is 11.8 Å². The number of piperidine rings is 1. The monoisotopic (exact) mass is 534 g/mol. The van der Waals surface area contributed by atoms with E-state index in [0.29, 0.717) is 50.1 Å². The van der Waals surface area contributed by atoms with Gasteiger partial charge in [-0.15, -0.1) is 0 Å². The number of carbonyl (C=O) groups is 2. The average Bonchev–Trinajstić information content (AvgIpc) is 3.38. The lowest BCUT2D eigenvalue weighted by atomic mass is 9.92. The van der Waals surface area contributed by atoms with Gasteiger partial charge in [0.1, 0.15) is 6.04 Å². The molecule has 2 amide bonds. The summed E-state index contributed by atoms with van der Waals surface area (Å²) < 4.78 is 12.8. The van der Waals surface area contributed by atoms with Crippen LogP contribution < -0.4 is 0 Å². The molecule has 4 saturated heterocycles. The van der Waals surface area contributed by atoms with E-state index in [-0.39, 0.29) is 23.9 Å². The van der Waals surface area contributed by atoms with Crippen LogP contribution in [0.25, 0.3) is 0 Å². The normalized spacial score (nSPS) is 32.6. The summed E-state index contributed by atoms with van der Waals surface area (Å²) in [7, 11) is 0. The molecule has 0 saturated carbocycles. The van der Waals surface area contributed by atoms with Crippen molar-refractivity contribution in [3.8, 4) is 0 Å². The van der Waals surface area contributed by atoms with Crippen molar-refractivity contribution in [3.05, 3.63) is 0 Å². The highest BCUT2D eigenvalue weighted by atomic mass is 16.7.